The van der Waals surface area contributed by atoms with E-state index in [1.54, 1.807) is 12.4 Å². The van der Waals surface area contributed by atoms with Gasteiger partial charge in [-0.2, -0.15) is 0 Å². The number of aryl methyl sites for hydroxylation is 1. The first kappa shape index (κ1) is 16.4. The highest BCUT2D eigenvalue weighted by Gasteiger charge is 2.24. The number of nitrogens with one attached hydrogen (secondary N) is 1. The van der Waals surface area contributed by atoms with Gasteiger partial charge in [-0.3, -0.25) is 19.9 Å². The summed E-state index contributed by atoms with van der Waals surface area (Å²) in [6, 6.07) is 5.69. The Morgan fingerprint density at radius 3 is 2.83 bits per heavy atom. The molecule has 2 aromatic rings. The standard InChI is InChI=1S/C16H18N4O3/c1-3-11-9-18-8-7-12(11)10(2)19-16(21)15-13(17)5-4-6-14(15)20(22)23/h4-10H,3,17H2,1-2H3,(H,19,21)/t10-/m1/s1. The molecule has 1 aromatic heterocycles. The molecule has 0 fully saturated rings. The summed E-state index contributed by atoms with van der Waals surface area (Å²) < 4.78 is 0. The lowest BCUT2D eigenvalue weighted by atomic mass is 10.0. The lowest BCUT2D eigenvalue weighted by molar-refractivity contribution is -0.385. The Kier molecular flexibility index (Phi) is 4.90. The van der Waals surface area contributed by atoms with Gasteiger partial charge < -0.3 is 11.1 Å². The summed E-state index contributed by atoms with van der Waals surface area (Å²) in [4.78, 5) is 27.0. The predicted octanol–water partition coefficient (Wildman–Crippen LogP) is 2.63. The van der Waals surface area contributed by atoms with Gasteiger partial charge in [0.25, 0.3) is 11.6 Å². The van der Waals surface area contributed by atoms with Crippen molar-refractivity contribution in [3.8, 4) is 0 Å². The van der Waals surface area contributed by atoms with Crippen LogP contribution < -0.4 is 11.1 Å². The van der Waals surface area contributed by atoms with Crippen LogP contribution in [-0.4, -0.2) is 15.8 Å². The molecule has 0 spiro atoms. The third kappa shape index (κ3) is 3.45. The number of pyridine rings is 1. The molecule has 2 rings (SSSR count). The summed E-state index contributed by atoms with van der Waals surface area (Å²) in [7, 11) is 0. The van der Waals surface area contributed by atoms with Crippen LogP contribution >= 0.6 is 0 Å². The zero-order valence-electron chi connectivity index (χ0n) is 12.9. The van der Waals surface area contributed by atoms with Crippen molar-refractivity contribution in [2.24, 2.45) is 0 Å². The molecule has 0 aliphatic heterocycles. The van der Waals surface area contributed by atoms with Gasteiger partial charge in [-0.05, 0) is 36.6 Å². The number of anilines is 1. The number of carbonyl (C=O) groups excluding carboxylic acids is 1. The van der Waals surface area contributed by atoms with E-state index in [-0.39, 0.29) is 23.0 Å². The Bertz CT molecular complexity index is 746. The fourth-order valence-electron chi connectivity index (χ4n) is 2.46. The number of carbonyl (C=O) groups is 1. The molecule has 1 atom stereocenters. The average Bonchev–Trinajstić information content (AvgIpc) is 2.54. The molecule has 0 saturated carbocycles. The Morgan fingerprint density at radius 1 is 1.43 bits per heavy atom. The van der Waals surface area contributed by atoms with Gasteiger partial charge in [0.15, 0.2) is 0 Å². The molecule has 0 unspecified atom stereocenters. The largest absolute Gasteiger partial charge is 0.398 e. The molecule has 1 aromatic carbocycles. The smallest absolute Gasteiger partial charge is 0.284 e. The Balaban J connectivity index is 2.31. The summed E-state index contributed by atoms with van der Waals surface area (Å²) in [6.45, 7) is 3.81. The molecule has 7 nitrogen and oxygen atoms in total. The molecular weight excluding hydrogens is 296 g/mol. The second-order valence-corrected chi connectivity index (χ2v) is 5.12. The predicted molar refractivity (Wildman–Crippen MR) is 87.0 cm³/mol. The number of rotatable bonds is 5. The maximum atomic E-state index is 12.5. The molecule has 3 N–H and O–H groups in total. The lowest BCUT2D eigenvalue weighted by Gasteiger charge is -2.17. The van der Waals surface area contributed by atoms with E-state index in [2.05, 4.69) is 10.3 Å². The molecule has 0 aliphatic rings. The van der Waals surface area contributed by atoms with Crippen LogP contribution in [0.5, 0.6) is 0 Å². The highest BCUT2D eigenvalue weighted by atomic mass is 16.6. The van der Waals surface area contributed by atoms with Gasteiger partial charge in [-0.15, -0.1) is 0 Å². The first-order valence-electron chi connectivity index (χ1n) is 7.22. The molecule has 0 bridgehead atoms. The van der Waals surface area contributed by atoms with Crippen LogP contribution in [0.1, 0.15) is 41.4 Å². The van der Waals surface area contributed by atoms with E-state index in [0.29, 0.717) is 0 Å². The van der Waals surface area contributed by atoms with Crippen molar-refractivity contribution < 1.29 is 9.72 Å². The topological polar surface area (TPSA) is 111 Å². The Labute approximate surface area is 133 Å². The van der Waals surface area contributed by atoms with Crippen molar-refractivity contribution >= 4 is 17.3 Å². The minimum Gasteiger partial charge on any atom is -0.398 e. The number of hydrogen-bond donors (Lipinski definition) is 2. The molecule has 120 valence electrons. The Morgan fingerprint density at radius 2 is 2.17 bits per heavy atom. The highest BCUT2D eigenvalue weighted by Crippen LogP contribution is 2.25. The van der Waals surface area contributed by atoms with E-state index in [1.807, 2.05) is 19.9 Å². The van der Waals surface area contributed by atoms with Gasteiger partial charge in [0.05, 0.1) is 16.7 Å². The van der Waals surface area contributed by atoms with E-state index in [0.717, 1.165) is 17.5 Å². The van der Waals surface area contributed by atoms with E-state index < -0.39 is 10.8 Å². The van der Waals surface area contributed by atoms with Crippen LogP contribution in [0, 0.1) is 10.1 Å². The molecule has 1 amide bonds. The molecule has 23 heavy (non-hydrogen) atoms. The van der Waals surface area contributed by atoms with E-state index in [9.17, 15) is 14.9 Å². The minimum atomic E-state index is -0.611. The lowest BCUT2D eigenvalue weighted by Crippen LogP contribution is -2.28. The van der Waals surface area contributed by atoms with E-state index >= 15 is 0 Å². The van der Waals surface area contributed by atoms with Crippen molar-refractivity contribution in [2.75, 3.05) is 5.73 Å². The normalized spacial score (nSPS) is 11.7. The summed E-state index contributed by atoms with van der Waals surface area (Å²) in [5.41, 5.74) is 7.35. The molecule has 0 saturated heterocycles. The maximum Gasteiger partial charge on any atom is 0.284 e. The minimum absolute atomic E-state index is 0.0781. The van der Waals surface area contributed by atoms with Gasteiger partial charge in [-0.1, -0.05) is 13.0 Å². The maximum absolute atomic E-state index is 12.5. The monoisotopic (exact) mass is 314 g/mol. The van der Waals surface area contributed by atoms with Crippen LogP contribution in [0.15, 0.2) is 36.7 Å². The third-order valence-corrected chi connectivity index (χ3v) is 3.63. The zero-order valence-corrected chi connectivity index (χ0v) is 12.9. The zero-order chi connectivity index (χ0) is 17.0. The summed E-state index contributed by atoms with van der Waals surface area (Å²) in [5, 5.41) is 13.9. The quantitative estimate of drug-likeness (QED) is 0.500. The second kappa shape index (κ2) is 6.87. The number of benzene rings is 1. The van der Waals surface area contributed by atoms with Crippen molar-refractivity contribution in [3.05, 3.63) is 63.5 Å². The van der Waals surface area contributed by atoms with Crippen LogP contribution in [-0.2, 0) is 6.42 Å². The van der Waals surface area contributed by atoms with Crippen molar-refractivity contribution in [1.82, 2.24) is 10.3 Å². The van der Waals surface area contributed by atoms with Crippen LogP contribution in [0.2, 0.25) is 0 Å². The van der Waals surface area contributed by atoms with Gasteiger partial charge in [0.1, 0.15) is 5.56 Å². The molecule has 1 heterocycles. The van der Waals surface area contributed by atoms with E-state index in [1.165, 1.54) is 18.2 Å². The fraction of sp³-hybridized carbons (Fsp3) is 0.250. The van der Waals surface area contributed by atoms with Gasteiger partial charge in [0.2, 0.25) is 0 Å². The number of nitro benzene ring substituents is 1. The van der Waals surface area contributed by atoms with Crippen LogP contribution in [0.4, 0.5) is 11.4 Å². The Hall–Kier alpha value is -2.96. The fourth-order valence-corrected chi connectivity index (χ4v) is 2.46. The molecule has 0 radical (unpaired) electrons. The number of nitrogens with zero attached hydrogens (tertiary/aromatic N) is 2. The number of nitrogens with two attached hydrogens (primary N) is 1. The average molecular weight is 314 g/mol. The summed E-state index contributed by atoms with van der Waals surface area (Å²) >= 11 is 0. The SMILES string of the molecule is CCc1cnccc1[C@@H](C)NC(=O)c1c(N)cccc1[N+](=O)[O-]. The van der Waals surface area contributed by atoms with Crippen molar-refractivity contribution in [3.63, 3.8) is 0 Å². The van der Waals surface area contributed by atoms with Gasteiger partial charge in [-0.25, -0.2) is 0 Å². The van der Waals surface area contributed by atoms with Crippen molar-refractivity contribution in [1.29, 1.82) is 0 Å². The molecule has 7 heteroatoms. The molecule has 0 aliphatic carbocycles. The first-order chi connectivity index (χ1) is 11.0. The first-order valence-corrected chi connectivity index (χ1v) is 7.22. The van der Waals surface area contributed by atoms with E-state index in [4.69, 9.17) is 5.73 Å². The summed E-state index contributed by atoms with van der Waals surface area (Å²) in [6.07, 6.45) is 4.17. The van der Waals surface area contributed by atoms with Crippen molar-refractivity contribution in [2.45, 2.75) is 26.3 Å². The molecular formula is C16H18N4O3. The number of hydrogen-bond acceptors (Lipinski definition) is 5. The number of nitro groups is 1. The number of aromatic nitrogens is 1. The third-order valence-electron chi connectivity index (χ3n) is 3.63. The highest BCUT2D eigenvalue weighted by molar-refractivity contribution is 6.03. The second-order valence-electron chi connectivity index (χ2n) is 5.12. The summed E-state index contributed by atoms with van der Waals surface area (Å²) in [5.74, 6) is -0.568. The van der Waals surface area contributed by atoms with Gasteiger partial charge >= 0.3 is 0 Å². The van der Waals surface area contributed by atoms with Gasteiger partial charge in [0, 0.05) is 18.5 Å². The number of nitrogen functional groups attached to an aromatic ring is 1. The van der Waals surface area contributed by atoms with Crippen LogP contribution in [0.3, 0.4) is 0 Å². The van der Waals surface area contributed by atoms with Crippen LogP contribution in [0.25, 0.3) is 0 Å². The number of amides is 1.